The Labute approximate surface area is 127 Å². The van der Waals surface area contributed by atoms with Crippen molar-refractivity contribution >= 4 is 6.41 Å². The fraction of sp³-hybridized carbons (Fsp3) is 0.944. The Bertz CT molecular complexity index is 194. The fourth-order valence-corrected chi connectivity index (χ4v) is 2.61. The number of unbranched alkanes of at least 4 members (excludes halogenated alkanes) is 13. The predicted octanol–water partition coefficient (Wildman–Crippen LogP) is 5.56. The van der Waals surface area contributed by atoms with Crippen LogP contribution in [0.4, 0.5) is 0 Å². The van der Waals surface area contributed by atoms with E-state index in [1.165, 1.54) is 83.5 Å². The average Bonchev–Trinajstić information content (AvgIpc) is 2.47. The Morgan fingerprint density at radius 2 is 1.00 bits per heavy atom. The summed E-state index contributed by atoms with van der Waals surface area (Å²) in [5, 5.41) is 0. The highest BCUT2D eigenvalue weighted by Crippen LogP contribution is 2.12. The maximum absolute atomic E-state index is 10.4. The lowest BCUT2D eigenvalue weighted by Gasteiger charge is -2.09. The Morgan fingerprint density at radius 3 is 1.35 bits per heavy atom. The van der Waals surface area contributed by atoms with E-state index in [2.05, 4.69) is 6.92 Å². The molecule has 0 radical (unpaired) electrons. The van der Waals surface area contributed by atoms with E-state index in [4.69, 9.17) is 0 Å². The van der Waals surface area contributed by atoms with Gasteiger partial charge in [-0.15, -0.1) is 0 Å². The Hall–Kier alpha value is -0.530. The maximum atomic E-state index is 10.4. The topological polar surface area (TPSA) is 20.3 Å². The summed E-state index contributed by atoms with van der Waals surface area (Å²) < 4.78 is 0. The zero-order valence-corrected chi connectivity index (χ0v) is 14.0. The predicted molar refractivity (Wildman–Crippen MR) is 89.0 cm³/mol. The molecule has 0 spiro atoms. The quantitative estimate of drug-likeness (QED) is 0.268. The van der Waals surface area contributed by atoms with Gasteiger partial charge in [-0.3, -0.25) is 4.79 Å². The van der Waals surface area contributed by atoms with Gasteiger partial charge in [-0.2, -0.15) is 0 Å². The number of nitrogens with zero attached hydrogens (tertiary/aromatic N) is 1. The summed E-state index contributed by atoms with van der Waals surface area (Å²) in [6, 6.07) is 0. The van der Waals surface area contributed by atoms with E-state index in [1.54, 1.807) is 4.90 Å². The third-order valence-corrected chi connectivity index (χ3v) is 4.04. The second kappa shape index (κ2) is 16.5. The van der Waals surface area contributed by atoms with E-state index in [-0.39, 0.29) is 0 Å². The molecule has 0 fully saturated rings. The SMILES string of the molecule is CCCCCCCCCCCCCCCCN(C)C=O. The highest BCUT2D eigenvalue weighted by Gasteiger charge is 1.95. The molecular formula is C18H37NO. The summed E-state index contributed by atoms with van der Waals surface area (Å²) >= 11 is 0. The van der Waals surface area contributed by atoms with Gasteiger partial charge >= 0.3 is 0 Å². The molecule has 0 aromatic carbocycles. The zero-order chi connectivity index (χ0) is 14.9. The summed E-state index contributed by atoms with van der Waals surface area (Å²) in [5.74, 6) is 0. The van der Waals surface area contributed by atoms with Crippen molar-refractivity contribution in [2.24, 2.45) is 0 Å². The normalized spacial score (nSPS) is 10.7. The smallest absolute Gasteiger partial charge is 0.209 e. The first kappa shape index (κ1) is 19.5. The summed E-state index contributed by atoms with van der Waals surface area (Å²) in [7, 11) is 1.86. The van der Waals surface area contributed by atoms with Crippen LogP contribution in [0, 0.1) is 0 Å². The molecule has 0 saturated carbocycles. The molecule has 0 saturated heterocycles. The summed E-state index contributed by atoms with van der Waals surface area (Å²) in [4.78, 5) is 12.1. The monoisotopic (exact) mass is 283 g/mol. The van der Waals surface area contributed by atoms with Gasteiger partial charge in [-0.1, -0.05) is 90.4 Å². The van der Waals surface area contributed by atoms with E-state index >= 15 is 0 Å². The molecular weight excluding hydrogens is 246 g/mol. The van der Waals surface area contributed by atoms with Gasteiger partial charge in [-0.25, -0.2) is 0 Å². The van der Waals surface area contributed by atoms with Crippen molar-refractivity contribution in [1.82, 2.24) is 4.90 Å². The number of hydrogen-bond acceptors (Lipinski definition) is 1. The molecule has 0 aliphatic heterocycles. The first-order chi connectivity index (χ1) is 9.81. The molecule has 0 aliphatic rings. The van der Waals surface area contributed by atoms with Crippen LogP contribution >= 0.6 is 0 Å². The summed E-state index contributed by atoms with van der Waals surface area (Å²) in [5.41, 5.74) is 0. The van der Waals surface area contributed by atoms with Gasteiger partial charge in [0, 0.05) is 13.6 Å². The molecule has 0 rings (SSSR count). The third kappa shape index (κ3) is 15.5. The van der Waals surface area contributed by atoms with E-state index in [1.807, 2.05) is 7.05 Å². The highest BCUT2D eigenvalue weighted by molar-refractivity contribution is 5.46. The Morgan fingerprint density at radius 1 is 0.650 bits per heavy atom. The molecule has 0 atom stereocenters. The van der Waals surface area contributed by atoms with E-state index in [0.29, 0.717) is 0 Å². The molecule has 0 bridgehead atoms. The second-order valence-electron chi connectivity index (χ2n) is 6.18. The molecule has 0 N–H and O–H groups in total. The molecule has 2 heteroatoms. The largest absolute Gasteiger partial charge is 0.348 e. The molecule has 0 aromatic rings. The van der Waals surface area contributed by atoms with Gasteiger partial charge in [0.15, 0.2) is 0 Å². The van der Waals surface area contributed by atoms with Crippen LogP contribution in [0.15, 0.2) is 0 Å². The first-order valence-electron chi connectivity index (χ1n) is 8.96. The number of carbonyl (C=O) groups is 1. The molecule has 1 amide bonds. The Kier molecular flexibility index (Phi) is 16.1. The minimum absolute atomic E-state index is 0.918. The van der Waals surface area contributed by atoms with Crippen molar-refractivity contribution in [2.45, 2.75) is 96.8 Å². The number of rotatable bonds is 16. The fourth-order valence-electron chi connectivity index (χ4n) is 2.61. The van der Waals surface area contributed by atoms with Crippen LogP contribution in [0.2, 0.25) is 0 Å². The average molecular weight is 283 g/mol. The summed E-state index contributed by atoms with van der Waals surface area (Å²) in [6.07, 6.45) is 20.3. The Balaban J connectivity index is 2.97. The number of amides is 1. The zero-order valence-electron chi connectivity index (χ0n) is 14.0. The van der Waals surface area contributed by atoms with Crippen LogP contribution in [-0.2, 0) is 4.79 Å². The molecule has 0 aliphatic carbocycles. The lowest BCUT2D eigenvalue weighted by Crippen LogP contribution is -2.16. The van der Waals surface area contributed by atoms with Crippen molar-refractivity contribution < 1.29 is 4.79 Å². The molecule has 0 unspecified atom stereocenters. The maximum Gasteiger partial charge on any atom is 0.209 e. The van der Waals surface area contributed by atoms with Gasteiger partial charge in [0.1, 0.15) is 0 Å². The van der Waals surface area contributed by atoms with Gasteiger partial charge in [0.2, 0.25) is 6.41 Å². The van der Waals surface area contributed by atoms with Crippen LogP contribution in [0.3, 0.4) is 0 Å². The standard InChI is InChI=1S/C18H37NO/c1-3-4-5-6-7-8-9-10-11-12-13-14-15-16-17-19(2)18-20/h18H,3-17H2,1-2H3. The van der Waals surface area contributed by atoms with Crippen LogP contribution in [0.25, 0.3) is 0 Å². The third-order valence-electron chi connectivity index (χ3n) is 4.04. The van der Waals surface area contributed by atoms with Gasteiger partial charge in [-0.05, 0) is 6.42 Å². The molecule has 0 aromatic heterocycles. The van der Waals surface area contributed by atoms with Crippen LogP contribution in [0.1, 0.15) is 96.8 Å². The highest BCUT2D eigenvalue weighted by atomic mass is 16.1. The van der Waals surface area contributed by atoms with Gasteiger partial charge < -0.3 is 4.90 Å². The molecule has 2 nitrogen and oxygen atoms in total. The number of carbonyl (C=O) groups excluding carboxylic acids is 1. The van der Waals surface area contributed by atoms with Crippen molar-refractivity contribution in [2.75, 3.05) is 13.6 Å². The molecule has 20 heavy (non-hydrogen) atoms. The van der Waals surface area contributed by atoms with Crippen molar-refractivity contribution in [1.29, 1.82) is 0 Å². The van der Waals surface area contributed by atoms with Crippen molar-refractivity contribution in [3.8, 4) is 0 Å². The van der Waals surface area contributed by atoms with Crippen LogP contribution in [0.5, 0.6) is 0 Å². The van der Waals surface area contributed by atoms with E-state index in [9.17, 15) is 4.79 Å². The number of hydrogen-bond donors (Lipinski definition) is 0. The van der Waals surface area contributed by atoms with Crippen LogP contribution in [-0.4, -0.2) is 24.9 Å². The van der Waals surface area contributed by atoms with Crippen molar-refractivity contribution in [3.05, 3.63) is 0 Å². The van der Waals surface area contributed by atoms with Gasteiger partial charge in [0.05, 0.1) is 0 Å². The lowest BCUT2D eigenvalue weighted by atomic mass is 10.0. The lowest BCUT2D eigenvalue weighted by molar-refractivity contribution is -0.117. The van der Waals surface area contributed by atoms with Crippen molar-refractivity contribution in [3.63, 3.8) is 0 Å². The molecule has 0 heterocycles. The van der Waals surface area contributed by atoms with Gasteiger partial charge in [0.25, 0.3) is 0 Å². The molecule has 120 valence electrons. The van der Waals surface area contributed by atoms with E-state index in [0.717, 1.165) is 19.4 Å². The minimum atomic E-state index is 0.918. The second-order valence-corrected chi connectivity index (χ2v) is 6.18. The first-order valence-corrected chi connectivity index (χ1v) is 8.96. The summed E-state index contributed by atoms with van der Waals surface area (Å²) in [6.45, 7) is 3.20. The van der Waals surface area contributed by atoms with E-state index < -0.39 is 0 Å². The minimum Gasteiger partial charge on any atom is -0.348 e. The van der Waals surface area contributed by atoms with Crippen LogP contribution < -0.4 is 0 Å².